The van der Waals surface area contributed by atoms with Crippen LogP contribution >= 0.6 is 0 Å². The number of pyridine rings is 1. The number of ether oxygens (including phenoxy) is 1. The van der Waals surface area contributed by atoms with Gasteiger partial charge in [0.1, 0.15) is 11.8 Å². The number of benzene rings is 1. The third-order valence-electron chi connectivity index (χ3n) is 3.46. The van der Waals surface area contributed by atoms with Crippen molar-refractivity contribution < 1.29 is 14.3 Å². The Kier molecular flexibility index (Phi) is 6.71. The van der Waals surface area contributed by atoms with Gasteiger partial charge >= 0.3 is 0 Å². The largest absolute Gasteiger partial charge is 0.497 e. The molecule has 25 heavy (non-hydrogen) atoms. The van der Waals surface area contributed by atoms with Crippen LogP contribution in [0.25, 0.3) is 6.08 Å². The first-order chi connectivity index (χ1) is 12.1. The van der Waals surface area contributed by atoms with Crippen molar-refractivity contribution in [3.63, 3.8) is 0 Å². The summed E-state index contributed by atoms with van der Waals surface area (Å²) in [6, 6.07) is 12.1. The van der Waals surface area contributed by atoms with Gasteiger partial charge in [0.05, 0.1) is 19.3 Å². The molecule has 6 heteroatoms. The smallest absolute Gasteiger partial charge is 0.244 e. The van der Waals surface area contributed by atoms with Crippen LogP contribution in [0.1, 0.15) is 18.2 Å². The first-order valence-corrected chi connectivity index (χ1v) is 7.88. The Morgan fingerprint density at radius 2 is 1.96 bits per heavy atom. The molecule has 0 saturated heterocycles. The van der Waals surface area contributed by atoms with E-state index in [2.05, 4.69) is 15.6 Å². The van der Waals surface area contributed by atoms with Gasteiger partial charge in [-0.05, 0) is 42.8 Å². The van der Waals surface area contributed by atoms with E-state index < -0.39 is 6.04 Å². The van der Waals surface area contributed by atoms with Gasteiger partial charge in [0.25, 0.3) is 0 Å². The van der Waals surface area contributed by atoms with Crippen LogP contribution in [0, 0.1) is 0 Å². The second-order valence-electron chi connectivity index (χ2n) is 5.38. The van der Waals surface area contributed by atoms with Crippen molar-refractivity contribution in [3.05, 3.63) is 66.0 Å². The van der Waals surface area contributed by atoms with Gasteiger partial charge in [-0.15, -0.1) is 0 Å². The highest BCUT2D eigenvalue weighted by Gasteiger charge is 2.13. The highest BCUT2D eigenvalue weighted by Crippen LogP contribution is 2.12. The van der Waals surface area contributed by atoms with Crippen LogP contribution in [0.5, 0.6) is 5.75 Å². The normalized spacial score (nSPS) is 11.8. The number of amides is 2. The molecule has 1 aromatic heterocycles. The van der Waals surface area contributed by atoms with Crippen LogP contribution < -0.4 is 15.4 Å². The third-order valence-corrected chi connectivity index (χ3v) is 3.46. The van der Waals surface area contributed by atoms with E-state index in [0.717, 1.165) is 17.0 Å². The van der Waals surface area contributed by atoms with E-state index in [0.29, 0.717) is 6.54 Å². The lowest BCUT2D eigenvalue weighted by molar-refractivity contribution is -0.126. The van der Waals surface area contributed by atoms with E-state index in [1.807, 2.05) is 42.5 Å². The van der Waals surface area contributed by atoms with Gasteiger partial charge in [-0.3, -0.25) is 14.6 Å². The zero-order chi connectivity index (χ0) is 18.1. The molecular weight excluding hydrogens is 318 g/mol. The number of methoxy groups -OCH3 is 1. The van der Waals surface area contributed by atoms with Crippen molar-refractivity contribution in [1.82, 2.24) is 15.6 Å². The molecule has 0 spiro atoms. The molecule has 1 heterocycles. The number of carbonyl (C=O) groups excluding carboxylic acids is 2. The van der Waals surface area contributed by atoms with Gasteiger partial charge in [0.15, 0.2) is 0 Å². The average Bonchev–Trinajstić information content (AvgIpc) is 2.65. The van der Waals surface area contributed by atoms with Crippen molar-refractivity contribution in [3.8, 4) is 5.75 Å². The number of carbonyl (C=O) groups is 2. The van der Waals surface area contributed by atoms with E-state index in [9.17, 15) is 9.59 Å². The standard InChI is InChI=1S/C19H21N3O3/c1-14(19(24)21-13-16-5-3-4-12-20-16)22-18(23)11-8-15-6-9-17(25-2)10-7-15/h3-12,14H,13H2,1-2H3,(H,21,24)(H,22,23)/b11-8+. The maximum Gasteiger partial charge on any atom is 0.244 e. The molecule has 1 unspecified atom stereocenters. The predicted octanol–water partition coefficient (Wildman–Crippen LogP) is 1.92. The number of rotatable bonds is 7. The summed E-state index contributed by atoms with van der Waals surface area (Å²) >= 11 is 0. The molecule has 0 aliphatic rings. The number of nitrogens with one attached hydrogen (secondary N) is 2. The summed E-state index contributed by atoms with van der Waals surface area (Å²) in [6.45, 7) is 1.95. The molecule has 2 rings (SSSR count). The first kappa shape index (κ1) is 18.2. The first-order valence-electron chi connectivity index (χ1n) is 7.88. The summed E-state index contributed by atoms with van der Waals surface area (Å²) in [5.74, 6) is 0.146. The van der Waals surface area contributed by atoms with E-state index in [4.69, 9.17) is 4.74 Å². The molecule has 2 N–H and O–H groups in total. The maximum absolute atomic E-state index is 12.0. The monoisotopic (exact) mass is 339 g/mol. The zero-order valence-electron chi connectivity index (χ0n) is 14.2. The molecule has 0 aliphatic carbocycles. The second-order valence-corrected chi connectivity index (χ2v) is 5.38. The number of aromatic nitrogens is 1. The van der Waals surface area contributed by atoms with Gasteiger partial charge in [-0.25, -0.2) is 0 Å². The lowest BCUT2D eigenvalue weighted by atomic mass is 10.2. The Morgan fingerprint density at radius 1 is 1.20 bits per heavy atom. The van der Waals surface area contributed by atoms with Crippen LogP contribution in [0.15, 0.2) is 54.7 Å². The van der Waals surface area contributed by atoms with Crippen LogP contribution in [-0.4, -0.2) is 29.9 Å². The minimum atomic E-state index is -0.642. The van der Waals surface area contributed by atoms with E-state index in [1.165, 1.54) is 6.08 Å². The van der Waals surface area contributed by atoms with Crippen LogP contribution in [-0.2, 0) is 16.1 Å². The minimum Gasteiger partial charge on any atom is -0.497 e. The fourth-order valence-electron chi connectivity index (χ4n) is 2.05. The summed E-state index contributed by atoms with van der Waals surface area (Å²) < 4.78 is 5.08. The molecule has 6 nitrogen and oxygen atoms in total. The topological polar surface area (TPSA) is 80.3 Å². The van der Waals surface area contributed by atoms with E-state index >= 15 is 0 Å². The van der Waals surface area contributed by atoms with Crippen molar-refractivity contribution >= 4 is 17.9 Å². The number of hydrogen-bond acceptors (Lipinski definition) is 4. The quantitative estimate of drug-likeness (QED) is 0.755. The Morgan fingerprint density at radius 3 is 2.60 bits per heavy atom. The van der Waals surface area contributed by atoms with Crippen LogP contribution in [0.2, 0.25) is 0 Å². The molecule has 0 aliphatic heterocycles. The molecule has 1 aromatic carbocycles. The molecule has 2 amide bonds. The lowest BCUT2D eigenvalue weighted by Gasteiger charge is -2.12. The zero-order valence-corrected chi connectivity index (χ0v) is 14.2. The number of hydrogen-bond donors (Lipinski definition) is 2. The molecular formula is C19H21N3O3. The fourth-order valence-corrected chi connectivity index (χ4v) is 2.05. The predicted molar refractivity (Wildman–Crippen MR) is 95.7 cm³/mol. The Balaban J connectivity index is 1.80. The van der Waals surface area contributed by atoms with E-state index in [1.54, 1.807) is 26.3 Å². The minimum absolute atomic E-state index is 0.267. The van der Waals surface area contributed by atoms with Gasteiger partial charge in [0.2, 0.25) is 11.8 Å². The average molecular weight is 339 g/mol. The molecule has 0 bridgehead atoms. The fraction of sp³-hybridized carbons (Fsp3) is 0.211. The highest BCUT2D eigenvalue weighted by molar-refractivity contribution is 5.95. The Bertz CT molecular complexity index is 727. The van der Waals surface area contributed by atoms with Crippen LogP contribution in [0.3, 0.4) is 0 Å². The molecule has 0 fully saturated rings. The second kappa shape index (κ2) is 9.22. The van der Waals surface area contributed by atoms with Crippen molar-refractivity contribution in [2.75, 3.05) is 7.11 Å². The molecule has 1 atom stereocenters. The summed E-state index contributed by atoms with van der Waals surface area (Å²) in [5, 5.41) is 5.36. The molecule has 130 valence electrons. The highest BCUT2D eigenvalue weighted by atomic mass is 16.5. The Labute approximate surface area is 146 Å². The van der Waals surface area contributed by atoms with Crippen molar-refractivity contribution in [2.45, 2.75) is 19.5 Å². The molecule has 0 radical (unpaired) electrons. The van der Waals surface area contributed by atoms with Gasteiger partial charge in [0, 0.05) is 12.3 Å². The number of nitrogens with zero attached hydrogens (tertiary/aromatic N) is 1. The molecule has 2 aromatic rings. The van der Waals surface area contributed by atoms with Crippen molar-refractivity contribution in [1.29, 1.82) is 0 Å². The van der Waals surface area contributed by atoms with Crippen LogP contribution in [0.4, 0.5) is 0 Å². The maximum atomic E-state index is 12.0. The van der Waals surface area contributed by atoms with E-state index in [-0.39, 0.29) is 11.8 Å². The Hall–Kier alpha value is -3.15. The van der Waals surface area contributed by atoms with Gasteiger partial charge in [-0.1, -0.05) is 18.2 Å². The summed E-state index contributed by atoms with van der Waals surface area (Å²) in [7, 11) is 1.60. The van der Waals surface area contributed by atoms with Gasteiger partial charge in [-0.2, -0.15) is 0 Å². The summed E-state index contributed by atoms with van der Waals surface area (Å²) in [6.07, 6.45) is 4.73. The lowest BCUT2D eigenvalue weighted by Crippen LogP contribution is -2.44. The van der Waals surface area contributed by atoms with Crippen molar-refractivity contribution in [2.24, 2.45) is 0 Å². The summed E-state index contributed by atoms with van der Waals surface area (Å²) in [4.78, 5) is 28.0. The summed E-state index contributed by atoms with van der Waals surface area (Å²) in [5.41, 5.74) is 1.62. The SMILES string of the molecule is COc1ccc(/C=C/C(=O)NC(C)C(=O)NCc2ccccn2)cc1. The van der Waals surface area contributed by atoms with Gasteiger partial charge < -0.3 is 15.4 Å². The third kappa shape index (κ3) is 6.10. The molecule has 0 saturated carbocycles.